The number of nitrogens with zero attached hydrogens (tertiary/aromatic N) is 3. The van der Waals surface area contributed by atoms with Crippen LogP contribution in [0.4, 0.5) is 11.4 Å². The molecule has 0 unspecified atom stereocenters. The van der Waals surface area contributed by atoms with E-state index in [-0.39, 0.29) is 10.8 Å². The zero-order valence-electron chi connectivity index (χ0n) is 17.0. The van der Waals surface area contributed by atoms with Crippen LogP contribution < -0.4 is 26.2 Å². The number of hydrazone groups is 2. The molecule has 1 heterocycles. The maximum atomic E-state index is 13.2. The van der Waals surface area contributed by atoms with Gasteiger partial charge in [0.1, 0.15) is 17.4 Å². The molecule has 1 atom stereocenters. The number of hydrogen-bond acceptors (Lipinski definition) is 6. The van der Waals surface area contributed by atoms with Crippen molar-refractivity contribution in [1.82, 2.24) is 5.43 Å². The molecular weight excluding hydrogens is 416 g/mol. The molecule has 2 amide bonds. The molecule has 3 rings (SSSR count). The number of carbonyl (C=O) groups is 2. The lowest BCUT2D eigenvalue weighted by molar-refractivity contribution is -0.119. The minimum atomic E-state index is -1.01. The van der Waals surface area contributed by atoms with E-state index in [4.69, 9.17) is 22.7 Å². The number of ether oxygens (including phenoxy) is 1. The molecule has 1 aliphatic heterocycles. The quantitative estimate of drug-likeness (QED) is 0.346. The van der Waals surface area contributed by atoms with Gasteiger partial charge in [-0.15, -0.1) is 0 Å². The molecule has 0 fully saturated rings. The lowest BCUT2D eigenvalue weighted by atomic mass is 9.97. The summed E-state index contributed by atoms with van der Waals surface area (Å²) in [4.78, 5) is 26.3. The van der Waals surface area contributed by atoms with Crippen molar-refractivity contribution in [2.24, 2.45) is 21.9 Å². The molecule has 4 N–H and O–H groups in total. The summed E-state index contributed by atoms with van der Waals surface area (Å²) < 4.78 is 5.55. The summed E-state index contributed by atoms with van der Waals surface area (Å²) in [5.74, 6) is -1.55. The smallest absolute Gasteiger partial charge is 0.273 e. The number of amides is 2. The first-order valence-corrected chi connectivity index (χ1v) is 9.93. The van der Waals surface area contributed by atoms with E-state index < -0.39 is 17.7 Å². The van der Waals surface area contributed by atoms with Crippen LogP contribution in [0.2, 0.25) is 0 Å². The molecule has 0 spiro atoms. The van der Waals surface area contributed by atoms with Gasteiger partial charge >= 0.3 is 0 Å². The summed E-state index contributed by atoms with van der Waals surface area (Å²) in [7, 11) is 0. The van der Waals surface area contributed by atoms with Crippen molar-refractivity contribution in [1.29, 1.82) is 0 Å². The molecule has 0 saturated heterocycles. The number of para-hydroxylation sites is 3. The summed E-state index contributed by atoms with van der Waals surface area (Å²) >= 11 is 4.80. The highest BCUT2D eigenvalue weighted by molar-refractivity contribution is 7.80. The largest absolute Gasteiger partial charge is 0.492 e. The highest BCUT2D eigenvalue weighted by Gasteiger charge is 2.41. The lowest BCUT2D eigenvalue weighted by Crippen LogP contribution is -2.41. The van der Waals surface area contributed by atoms with Gasteiger partial charge < -0.3 is 15.8 Å². The maximum absolute atomic E-state index is 13.2. The van der Waals surface area contributed by atoms with Crippen LogP contribution in [0.15, 0.2) is 64.8 Å². The molecule has 0 bridgehead atoms. The van der Waals surface area contributed by atoms with Crippen LogP contribution in [-0.4, -0.2) is 35.0 Å². The fourth-order valence-electron chi connectivity index (χ4n) is 3.03. The summed E-state index contributed by atoms with van der Waals surface area (Å²) in [5, 5.41) is 12.2. The van der Waals surface area contributed by atoms with Crippen LogP contribution in [0, 0.1) is 5.92 Å². The highest BCUT2D eigenvalue weighted by atomic mass is 32.1. The molecule has 2 aromatic carbocycles. The third-order valence-electron chi connectivity index (χ3n) is 4.36. The van der Waals surface area contributed by atoms with E-state index in [2.05, 4.69) is 20.9 Å². The van der Waals surface area contributed by atoms with Crippen LogP contribution in [0.1, 0.15) is 13.8 Å². The molecule has 31 heavy (non-hydrogen) atoms. The van der Waals surface area contributed by atoms with Gasteiger partial charge in [-0.3, -0.25) is 15.0 Å². The van der Waals surface area contributed by atoms with Crippen molar-refractivity contribution in [3.05, 3.63) is 54.6 Å². The van der Waals surface area contributed by atoms with Crippen molar-refractivity contribution >= 4 is 51.9 Å². The summed E-state index contributed by atoms with van der Waals surface area (Å²) in [5.41, 5.74) is 9.19. The van der Waals surface area contributed by atoms with Crippen LogP contribution >= 0.6 is 12.2 Å². The second kappa shape index (κ2) is 9.81. The molecule has 9 nitrogen and oxygen atoms in total. The average Bonchev–Trinajstić information content (AvgIpc) is 3.05. The van der Waals surface area contributed by atoms with E-state index >= 15 is 0 Å². The maximum Gasteiger partial charge on any atom is 0.273 e. The van der Waals surface area contributed by atoms with Gasteiger partial charge in [-0.05, 0) is 50.3 Å². The molecule has 0 saturated carbocycles. The van der Waals surface area contributed by atoms with Gasteiger partial charge in [0.15, 0.2) is 5.11 Å². The van der Waals surface area contributed by atoms with Gasteiger partial charge in [-0.2, -0.15) is 15.2 Å². The number of anilines is 2. The number of benzene rings is 2. The van der Waals surface area contributed by atoms with Crippen molar-refractivity contribution in [2.75, 3.05) is 16.9 Å². The van der Waals surface area contributed by atoms with Gasteiger partial charge in [0.25, 0.3) is 11.8 Å². The van der Waals surface area contributed by atoms with Crippen LogP contribution in [0.3, 0.4) is 0 Å². The predicted octanol–water partition coefficient (Wildman–Crippen LogP) is 2.25. The SMILES string of the molecule is CCOc1ccccc1NC(=O)/C(=N/NC(N)=S)[C@H]1C(=O)N(c2ccccc2)N=C1C. The first-order valence-electron chi connectivity index (χ1n) is 9.52. The minimum Gasteiger partial charge on any atom is -0.492 e. The Morgan fingerprint density at radius 3 is 2.58 bits per heavy atom. The number of hydrogen-bond donors (Lipinski definition) is 3. The average molecular weight is 439 g/mol. The van der Waals surface area contributed by atoms with E-state index in [1.807, 2.05) is 13.0 Å². The van der Waals surface area contributed by atoms with E-state index in [9.17, 15) is 9.59 Å². The summed E-state index contributed by atoms with van der Waals surface area (Å²) in [6.45, 7) is 3.92. The van der Waals surface area contributed by atoms with Gasteiger partial charge in [-0.25, -0.2) is 0 Å². The van der Waals surface area contributed by atoms with Crippen molar-refractivity contribution in [2.45, 2.75) is 13.8 Å². The van der Waals surface area contributed by atoms with Gasteiger partial charge in [0.2, 0.25) is 0 Å². The summed E-state index contributed by atoms with van der Waals surface area (Å²) in [6, 6.07) is 15.9. The number of nitrogens with two attached hydrogens (primary N) is 1. The Bertz CT molecular complexity index is 1050. The molecule has 0 radical (unpaired) electrons. The number of carbonyl (C=O) groups excluding carboxylic acids is 2. The monoisotopic (exact) mass is 438 g/mol. The fraction of sp³-hybridized carbons (Fsp3) is 0.190. The Labute approximate surface area is 184 Å². The second-order valence-corrected chi connectivity index (χ2v) is 6.96. The molecule has 1 aliphatic rings. The van der Waals surface area contributed by atoms with Crippen molar-refractivity contribution in [3.8, 4) is 5.75 Å². The normalized spacial score (nSPS) is 16.0. The van der Waals surface area contributed by atoms with Crippen molar-refractivity contribution < 1.29 is 14.3 Å². The molecule has 10 heteroatoms. The minimum absolute atomic E-state index is 0.121. The predicted molar refractivity (Wildman–Crippen MR) is 124 cm³/mol. The lowest BCUT2D eigenvalue weighted by Gasteiger charge is -2.17. The number of nitrogens with one attached hydrogen (secondary N) is 2. The Balaban J connectivity index is 1.92. The Morgan fingerprint density at radius 2 is 1.90 bits per heavy atom. The van der Waals surface area contributed by atoms with E-state index in [1.54, 1.807) is 55.5 Å². The van der Waals surface area contributed by atoms with Gasteiger partial charge in [0.05, 0.1) is 23.7 Å². The Hall–Kier alpha value is -3.79. The Kier molecular flexibility index (Phi) is 6.93. The molecule has 0 aliphatic carbocycles. The van der Waals surface area contributed by atoms with Crippen molar-refractivity contribution in [3.63, 3.8) is 0 Å². The first-order chi connectivity index (χ1) is 14.9. The molecule has 0 aromatic heterocycles. The fourth-order valence-corrected chi connectivity index (χ4v) is 3.08. The third-order valence-corrected chi connectivity index (χ3v) is 4.45. The topological polar surface area (TPSA) is 121 Å². The standard InChI is InChI=1S/C21H22N6O3S/c1-3-30-16-12-8-7-11-15(16)23-19(28)18(24-25-21(22)31)17-13(2)26-27(20(17)29)14-9-5-4-6-10-14/h4-12,17H,3H2,1-2H3,(H,23,28)(H3,22,25,31)/b24-18+/t17-/m0/s1. The highest BCUT2D eigenvalue weighted by Crippen LogP contribution is 2.27. The molecule has 2 aromatic rings. The van der Waals surface area contributed by atoms with E-state index in [0.29, 0.717) is 29.4 Å². The van der Waals surface area contributed by atoms with E-state index in [1.165, 1.54) is 5.01 Å². The molecule has 160 valence electrons. The number of thiocarbonyl (C=S) groups is 1. The van der Waals surface area contributed by atoms with Crippen LogP contribution in [-0.2, 0) is 9.59 Å². The van der Waals surface area contributed by atoms with Gasteiger partial charge in [-0.1, -0.05) is 30.3 Å². The third kappa shape index (κ3) is 5.04. The van der Waals surface area contributed by atoms with Gasteiger partial charge in [0, 0.05) is 0 Å². The molecular formula is C21H22N6O3S. The summed E-state index contributed by atoms with van der Waals surface area (Å²) in [6.07, 6.45) is 0. The zero-order valence-corrected chi connectivity index (χ0v) is 17.8. The first kappa shape index (κ1) is 21.9. The van der Waals surface area contributed by atoms with E-state index in [0.717, 1.165) is 0 Å². The van der Waals surface area contributed by atoms with Crippen LogP contribution in [0.25, 0.3) is 0 Å². The number of rotatable bonds is 7. The van der Waals surface area contributed by atoms with Crippen LogP contribution in [0.5, 0.6) is 5.75 Å². The second-order valence-electron chi connectivity index (χ2n) is 6.52. The zero-order chi connectivity index (χ0) is 22.4. The Morgan fingerprint density at radius 1 is 1.23 bits per heavy atom.